The summed E-state index contributed by atoms with van der Waals surface area (Å²) >= 11 is 2.02. The lowest BCUT2D eigenvalue weighted by Crippen LogP contribution is -2.03. The lowest BCUT2D eigenvalue weighted by molar-refractivity contribution is 1.17. The zero-order valence-electron chi connectivity index (χ0n) is 28.4. The van der Waals surface area contributed by atoms with Crippen LogP contribution in [0.15, 0.2) is 0 Å². The molecule has 41 heavy (non-hydrogen) atoms. The first-order valence-electron chi connectivity index (χ1n) is 15.2. The zero-order chi connectivity index (χ0) is 30.6. The molecule has 1 aromatic heterocycles. The molecule has 5 rings (SSSR count). The van der Waals surface area contributed by atoms with E-state index in [4.69, 9.17) is 0 Å². The Hall–Kier alpha value is -2.90. The molecule has 0 spiro atoms. The average molecular weight is 561 g/mol. The van der Waals surface area contributed by atoms with Gasteiger partial charge in [0.1, 0.15) is 0 Å². The summed E-state index contributed by atoms with van der Waals surface area (Å²) in [7, 11) is 0. The van der Waals surface area contributed by atoms with E-state index >= 15 is 0 Å². The minimum atomic E-state index is 1.43. The van der Waals surface area contributed by atoms with Gasteiger partial charge in [-0.15, -0.1) is 11.3 Å². The van der Waals surface area contributed by atoms with Crippen LogP contribution in [0.5, 0.6) is 0 Å². The minimum absolute atomic E-state index is 1.43. The van der Waals surface area contributed by atoms with E-state index in [2.05, 4.69) is 111 Å². The topological polar surface area (TPSA) is 0 Å². The number of hydrogen-bond donors (Lipinski definition) is 0. The van der Waals surface area contributed by atoms with Crippen LogP contribution in [-0.4, -0.2) is 0 Å². The van der Waals surface area contributed by atoms with Crippen LogP contribution in [-0.2, 0) is 0 Å². The first-order valence-corrected chi connectivity index (χ1v) is 16.0. The third-order valence-electron chi connectivity index (χ3n) is 11.5. The van der Waals surface area contributed by atoms with Crippen molar-refractivity contribution < 1.29 is 0 Å². The Morgan fingerprint density at radius 2 is 0.415 bits per heavy atom. The van der Waals surface area contributed by atoms with Gasteiger partial charge in [0.2, 0.25) is 0 Å². The highest BCUT2D eigenvalue weighted by Gasteiger charge is 2.26. The highest BCUT2D eigenvalue weighted by Crippen LogP contribution is 2.51. The number of thiophene rings is 1. The average Bonchev–Trinajstić information content (AvgIpc) is 3.35. The van der Waals surface area contributed by atoms with E-state index in [1.807, 2.05) is 11.3 Å². The molecular formula is C40H48S. The Balaban J connectivity index is 1.97. The van der Waals surface area contributed by atoms with Crippen molar-refractivity contribution in [3.8, 4) is 22.3 Å². The summed E-state index contributed by atoms with van der Waals surface area (Å²) in [6.45, 7) is 37.3. The monoisotopic (exact) mass is 560 g/mol. The third-order valence-corrected chi connectivity index (χ3v) is 12.9. The van der Waals surface area contributed by atoms with Crippen LogP contribution in [0.4, 0.5) is 0 Å². The summed E-state index contributed by atoms with van der Waals surface area (Å²) in [6.07, 6.45) is 0. The van der Waals surface area contributed by atoms with Crippen molar-refractivity contribution >= 4 is 31.5 Å². The second kappa shape index (κ2) is 9.84. The van der Waals surface area contributed by atoms with Gasteiger partial charge in [-0.3, -0.25) is 0 Å². The van der Waals surface area contributed by atoms with Crippen LogP contribution >= 0.6 is 11.3 Å². The molecule has 0 aliphatic carbocycles. The van der Waals surface area contributed by atoms with E-state index in [1.54, 1.807) is 0 Å². The maximum atomic E-state index is 2.38. The molecule has 0 nitrogen and oxygen atoms in total. The van der Waals surface area contributed by atoms with E-state index in [1.165, 1.54) is 131 Å². The molecular weight excluding hydrogens is 513 g/mol. The van der Waals surface area contributed by atoms with Crippen molar-refractivity contribution in [2.24, 2.45) is 0 Å². The lowest BCUT2D eigenvalue weighted by atomic mass is 9.80. The van der Waals surface area contributed by atoms with Gasteiger partial charge >= 0.3 is 0 Å². The van der Waals surface area contributed by atoms with Gasteiger partial charge in [0, 0.05) is 20.2 Å². The van der Waals surface area contributed by atoms with E-state index < -0.39 is 0 Å². The maximum Gasteiger partial charge on any atom is 0.0393 e. The Kier molecular flexibility index (Phi) is 7.10. The molecule has 0 aliphatic rings. The van der Waals surface area contributed by atoms with Gasteiger partial charge in [-0.25, -0.2) is 0 Å². The Morgan fingerprint density at radius 3 is 0.683 bits per heavy atom. The van der Waals surface area contributed by atoms with Crippen LogP contribution in [0.25, 0.3) is 42.4 Å². The van der Waals surface area contributed by atoms with Crippen LogP contribution in [0.2, 0.25) is 0 Å². The molecule has 0 bridgehead atoms. The van der Waals surface area contributed by atoms with Crippen molar-refractivity contribution in [3.63, 3.8) is 0 Å². The summed E-state index contributed by atoms with van der Waals surface area (Å²) in [6, 6.07) is 0. The summed E-state index contributed by atoms with van der Waals surface area (Å²) in [5.74, 6) is 0. The Bertz CT molecular complexity index is 1770. The molecule has 0 amide bonds. The van der Waals surface area contributed by atoms with Gasteiger partial charge in [-0.1, -0.05) is 0 Å². The van der Waals surface area contributed by atoms with Gasteiger partial charge in [0.15, 0.2) is 0 Å². The van der Waals surface area contributed by atoms with Gasteiger partial charge in [-0.2, -0.15) is 0 Å². The number of hydrogen-bond acceptors (Lipinski definition) is 1. The molecule has 0 saturated carbocycles. The van der Waals surface area contributed by atoms with Crippen LogP contribution in [0.1, 0.15) is 89.0 Å². The molecule has 0 unspecified atom stereocenters. The summed E-state index contributed by atoms with van der Waals surface area (Å²) < 4.78 is 2.92. The molecule has 0 saturated heterocycles. The van der Waals surface area contributed by atoms with Gasteiger partial charge in [0.25, 0.3) is 0 Å². The summed E-state index contributed by atoms with van der Waals surface area (Å²) in [5.41, 5.74) is 28.7. The molecule has 214 valence electrons. The standard InChI is InChI=1S/C40H48S/c1-17-19(3)23(7)33(24(8)20(17)4)35-27(11)29(13)37-38-30(14)28(12)36(32(16)40(38)41-39(37)31(35)15)34-25(9)21(5)18(2)22(6)26(34)10/h1-16H3. The molecule has 0 fully saturated rings. The zero-order valence-corrected chi connectivity index (χ0v) is 29.2. The van der Waals surface area contributed by atoms with E-state index in [0.717, 1.165) is 0 Å². The first kappa shape index (κ1) is 29.6. The number of benzene rings is 4. The fourth-order valence-corrected chi connectivity index (χ4v) is 9.14. The maximum absolute atomic E-state index is 2.38. The predicted molar refractivity (Wildman–Crippen MR) is 186 cm³/mol. The quantitative estimate of drug-likeness (QED) is 0.201. The second-order valence-corrected chi connectivity index (χ2v) is 14.0. The van der Waals surface area contributed by atoms with Crippen molar-refractivity contribution in [2.75, 3.05) is 0 Å². The SMILES string of the molecule is Cc1c(C)c(C)c(-c2c(C)c(C)c3c(sc4c(C)c(-c5c(C)c(C)c(C)c(C)c5C)c(C)c(C)c43)c2C)c(C)c1C. The van der Waals surface area contributed by atoms with E-state index in [-0.39, 0.29) is 0 Å². The molecule has 0 atom stereocenters. The van der Waals surface area contributed by atoms with Gasteiger partial charge in [-0.05, 0) is 222 Å². The van der Waals surface area contributed by atoms with E-state index in [0.29, 0.717) is 0 Å². The van der Waals surface area contributed by atoms with Crippen LogP contribution in [0, 0.1) is 111 Å². The summed E-state index contributed by atoms with van der Waals surface area (Å²) in [4.78, 5) is 0. The highest BCUT2D eigenvalue weighted by atomic mass is 32.1. The van der Waals surface area contributed by atoms with Gasteiger partial charge < -0.3 is 0 Å². The number of rotatable bonds is 2. The van der Waals surface area contributed by atoms with Crippen molar-refractivity contribution in [1.82, 2.24) is 0 Å². The first-order chi connectivity index (χ1) is 19.1. The third kappa shape index (κ3) is 3.84. The normalized spacial score (nSPS) is 11.9. The molecule has 0 N–H and O–H groups in total. The fraction of sp³-hybridized carbons (Fsp3) is 0.400. The Labute approximate surface area is 252 Å². The van der Waals surface area contributed by atoms with Crippen LogP contribution < -0.4 is 0 Å². The number of fused-ring (bicyclic) bond motifs is 3. The fourth-order valence-electron chi connectivity index (χ4n) is 7.71. The van der Waals surface area contributed by atoms with Crippen LogP contribution in [0.3, 0.4) is 0 Å². The lowest BCUT2D eigenvalue weighted by Gasteiger charge is -2.24. The molecule has 0 radical (unpaired) electrons. The summed E-state index contributed by atoms with van der Waals surface area (Å²) in [5, 5.41) is 2.94. The molecule has 1 heterocycles. The number of aryl methyl sites for hydroxylation is 4. The second-order valence-electron chi connectivity index (χ2n) is 13.0. The van der Waals surface area contributed by atoms with Gasteiger partial charge in [0.05, 0.1) is 0 Å². The Morgan fingerprint density at radius 1 is 0.220 bits per heavy atom. The molecule has 5 aromatic rings. The molecule has 0 aliphatic heterocycles. The smallest absolute Gasteiger partial charge is 0.0393 e. The van der Waals surface area contributed by atoms with E-state index in [9.17, 15) is 0 Å². The van der Waals surface area contributed by atoms with Crippen molar-refractivity contribution in [3.05, 3.63) is 89.0 Å². The highest BCUT2D eigenvalue weighted by molar-refractivity contribution is 7.26. The van der Waals surface area contributed by atoms with Crippen molar-refractivity contribution in [2.45, 2.75) is 111 Å². The predicted octanol–water partition coefficient (Wildman–Crippen LogP) is 12.3. The largest absolute Gasteiger partial charge is 0.135 e. The minimum Gasteiger partial charge on any atom is -0.135 e. The molecule has 4 aromatic carbocycles. The molecule has 1 heteroatoms. The van der Waals surface area contributed by atoms with Crippen molar-refractivity contribution in [1.29, 1.82) is 0 Å².